The van der Waals surface area contributed by atoms with E-state index in [1.807, 2.05) is 18.2 Å². The van der Waals surface area contributed by atoms with E-state index in [4.69, 9.17) is 0 Å². The maximum absolute atomic E-state index is 12.5. The fourth-order valence-corrected chi connectivity index (χ4v) is 4.41. The van der Waals surface area contributed by atoms with Gasteiger partial charge in [0.05, 0.1) is 5.41 Å². The molecule has 2 atom stereocenters. The molecule has 2 heteroatoms. The molecule has 0 heterocycles. The molecule has 0 aliphatic rings. The van der Waals surface area contributed by atoms with Gasteiger partial charge in [0.15, 0.2) is 0 Å². The third-order valence-electron chi connectivity index (χ3n) is 6.45. The van der Waals surface area contributed by atoms with Crippen LogP contribution in [0.3, 0.4) is 0 Å². The molecule has 0 aliphatic heterocycles. The molecule has 1 N–H and O–H groups in total. The fourth-order valence-electron chi connectivity index (χ4n) is 4.41. The first kappa shape index (κ1) is 24.7. The second kappa shape index (κ2) is 14.7. The second-order valence-electron chi connectivity index (χ2n) is 8.75. The maximum Gasteiger partial charge on any atom is 0.310 e. The van der Waals surface area contributed by atoms with E-state index in [9.17, 15) is 9.90 Å². The van der Waals surface area contributed by atoms with Crippen LogP contribution in [0.2, 0.25) is 0 Å². The lowest BCUT2D eigenvalue weighted by atomic mass is 9.67. The zero-order valence-electron chi connectivity index (χ0n) is 18.7. The number of carboxylic acid groups (broad SMARTS) is 1. The molecule has 1 rings (SSSR count). The molecular formula is C26H44O2. The highest BCUT2D eigenvalue weighted by molar-refractivity contribution is 5.75. The quantitative estimate of drug-likeness (QED) is 0.274. The SMILES string of the molecule is CCCCCCCCCC(C)C(CCCCCC)(Cc1ccccc1)C(=O)O. The summed E-state index contributed by atoms with van der Waals surface area (Å²) < 4.78 is 0. The van der Waals surface area contributed by atoms with Gasteiger partial charge in [-0.15, -0.1) is 0 Å². The maximum atomic E-state index is 12.5. The largest absolute Gasteiger partial charge is 0.481 e. The number of aliphatic carboxylic acids is 1. The lowest BCUT2D eigenvalue weighted by molar-refractivity contribution is -0.153. The Labute approximate surface area is 174 Å². The second-order valence-corrected chi connectivity index (χ2v) is 8.75. The van der Waals surface area contributed by atoms with E-state index in [1.165, 1.54) is 51.4 Å². The van der Waals surface area contributed by atoms with Crippen LogP contribution in [0, 0.1) is 11.3 Å². The van der Waals surface area contributed by atoms with Gasteiger partial charge in [-0.05, 0) is 30.7 Å². The summed E-state index contributed by atoms with van der Waals surface area (Å²) in [6.45, 7) is 6.64. The Bertz CT molecular complexity index is 510. The molecular weight excluding hydrogens is 344 g/mol. The van der Waals surface area contributed by atoms with Crippen molar-refractivity contribution in [2.24, 2.45) is 11.3 Å². The van der Waals surface area contributed by atoms with E-state index in [0.717, 1.165) is 37.7 Å². The highest BCUT2D eigenvalue weighted by atomic mass is 16.4. The first-order valence-corrected chi connectivity index (χ1v) is 11.8. The van der Waals surface area contributed by atoms with Crippen molar-refractivity contribution in [2.45, 2.75) is 111 Å². The molecule has 1 aromatic carbocycles. The summed E-state index contributed by atoms with van der Waals surface area (Å²) in [6.07, 6.45) is 16.0. The predicted octanol–water partition coefficient (Wildman–Crippen LogP) is 8.05. The Balaban J connectivity index is 2.71. The van der Waals surface area contributed by atoms with E-state index < -0.39 is 11.4 Å². The van der Waals surface area contributed by atoms with E-state index in [2.05, 4.69) is 32.9 Å². The van der Waals surface area contributed by atoms with Gasteiger partial charge in [-0.2, -0.15) is 0 Å². The fraction of sp³-hybridized carbons (Fsp3) is 0.731. The van der Waals surface area contributed by atoms with Gasteiger partial charge in [-0.3, -0.25) is 4.79 Å². The average Bonchev–Trinajstić information content (AvgIpc) is 2.70. The van der Waals surface area contributed by atoms with Crippen LogP contribution in [0.1, 0.15) is 110 Å². The standard InChI is InChI=1S/C26H44O2/c1-4-6-8-10-11-12-14-18-23(3)26(25(27)28,21-17-9-7-5-2)22-24-19-15-13-16-20-24/h13,15-16,19-20,23H,4-12,14,17-18,21-22H2,1-3H3,(H,27,28). The van der Waals surface area contributed by atoms with Gasteiger partial charge in [0.1, 0.15) is 0 Å². The first-order valence-electron chi connectivity index (χ1n) is 11.8. The molecule has 0 aromatic heterocycles. The number of carbonyl (C=O) groups is 1. The Morgan fingerprint density at radius 1 is 0.857 bits per heavy atom. The van der Waals surface area contributed by atoms with Crippen molar-refractivity contribution in [3.05, 3.63) is 35.9 Å². The van der Waals surface area contributed by atoms with Crippen LogP contribution in [0.5, 0.6) is 0 Å². The van der Waals surface area contributed by atoms with E-state index in [-0.39, 0.29) is 5.92 Å². The van der Waals surface area contributed by atoms with E-state index in [0.29, 0.717) is 6.42 Å². The van der Waals surface area contributed by atoms with Crippen molar-refractivity contribution in [2.75, 3.05) is 0 Å². The van der Waals surface area contributed by atoms with Crippen molar-refractivity contribution in [3.8, 4) is 0 Å². The zero-order valence-corrected chi connectivity index (χ0v) is 18.7. The molecule has 0 bridgehead atoms. The molecule has 0 amide bonds. The summed E-state index contributed by atoms with van der Waals surface area (Å²) in [5.41, 5.74) is 0.531. The smallest absolute Gasteiger partial charge is 0.310 e. The molecule has 2 nitrogen and oxygen atoms in total. The lowest BCUT2D eigenvalue weighted by Crippen LogP contribution is -2.40. The van der Waals surface area contributed by atoms with Crippen LogP contribution < -0.4 is 0 Å². The third-order valence-corrected chi connectivity index (χ3v) is 6.45. The molecule has 0 spiro atoms. The summed E-state index contributed by atoms with van der Waals surface area (Å²) in [7, 11) is 0. The number of hydrogen-bond donors (Lipinski definition) is 1. The van der Waals surface area contributed by atoms with Crippen LogP contribution in [0.15, 0.2) is 30.3 Å². The minimum Gasteiger partial charge on any atom is -0.481 e. The highest BCUT2D eigenvalue weighted by Gasteiger charge is 2.42. The molecule has 0 saturated carbocycles. The number of carboxylic acids is 1. The summed E-state index contributed by atoms with van der Waals surface area (Å²) >= 11 is 0. The Morgan fingerprint density at radius 2 is 1.39 bits per heavy atom. The zero-order chi connectivity index (χ0) is 20.7. The minimum absolute atomic E-state index is 0.211. The van der Waals surface area contributed by atoms with Crippen molar-refractivity contribution in [1.82, 2.24) is 0 Å². The van der Waals surface area contributed by atoms with Gasteiger partial charge in [-0.1, -0.05) is 122 Å². The molecule has 28 heavy (non-hydrogen) atoms. The topological polar surface area (TPSA) is 37.3 Å². The summed E-state index contributed by atoms with van der Waals surface area (Å²) in [4.78, 5) is 12.5. The molecule has 0 saturated heterocycles. The summed E-state index contributed by atoms with van der Waals surface area (Å²) in [5.74, 6) is -0.384. The average molecular weight is 389 g/mol. The monoisotopic (exact) mass is 388 g/mol. The van der Waals surface area contributed by atoms with Crippen LogP contribution >= 0.6 is 0 Å². The van der Waals surface area contributed by atoms with Crippen molar-refractivity contribution >= 4 is 5.97 Å². The summed E-state index contributed by atoms with van der Waals surface area (Å²) in [6, 6.07) is 10.2. The normalized spacial score (nSPS) is 14.5. The Hall–Kier alpha value is -1.31. The van der Waals surface area contributed by atoms with Gasteiger partial charge in [0.25, 0.3) is 0 Å². The van der Waals surface area contributed by atoms with Crippen LogP contribution in [0.4, 0.5) is 0 Å². The number of rotatable bonds is 17. The molecule has 0 fully saturated rings. The van der Waals surface area contributed by atoms with Crippen molar-refractivity contribution < 1.29 is 9.90 Å². The highest BCUT2D eigenvalue weighted by Crippen LogP contribution is 2.40. The van der Waals surface area contributed by atoms with Crippen LogP contribution in [0.25, 0.3) is 0 Å². The molecule has 0 aliphatic carbocycles. The molecule has 1 aromatic rings. The van der Waals surface area contributed by atoms with Gasteiger partial charge in [0.2, 0.25) is 0 Å². The van der Waals surface area contributed by atoms with E-state index >= 15 is 0 Å². The van der Waals surface area contributed by atoms with E-state index in [1.54, 1.807) is 0 Å². The van der Waals surface area contributed by atoms with Crippen molar-refractivity contribution in [3.63, 3.8) is 0 Å². The Morgan fingerprint density at radius 3 is 1.96 bits per heavy atom. The van der Waals surface area contributed by atoms with Gasteiger partial charge in [-0.25, -0.2) is 0 Å². The molecule has 0 radical (unpaired) electrons. The predicted molar refractivity (Wildman–Crippen MR) is 121 cm³/mol. The Kier molecular flexibility index (Phi) is 12.9. The van der Waals surface area contributed by atoms with Gasteiger partial charge < -0.3 is 5.11 Å². The number of unbranched alkanes of at least 4 members (excludes halogenated alkanes) is 9. The van der Waals surface area contributed by atoms with Crippen LogP contribution in [-0.4, -0.2) is 11.1 Å². The third kappa shape index (κ3) is 8.80. The summed E-state index contributed by atoms with van der Waals surface area (Å²) in [5, 5.41) is 10.3. The van der Waals surface area contributed by atoms with Crippen LogP contribution in [-0.2, 0) is 11.2 Å². The van der Waals surface area contributed by atoms with Gasteiger partial charge >= 0.3 is 5.97 Å². The first-order chi connectivity index (χ1) is 13.6. The number of hydrogen-bond acceptors (Lipinski definition) is 1. The molecule has 160 valence electrons. The minimum atomic E-state index is -0.628. The lowest BCUT2D eigenvalue weighted by Gasteiger charge is -2.36. The molecule has 2 unspecified atom stereocenters. The number of benzene rings is 1. The van der Waals surface area contributed by atoms with Crippen molar-refractivity contribution in [1.29, 1.82) is 0 Å². The van der Waals surface area contributed by atoms with Gasteiger partial charge in [0, 0.05) is 0 Å².